The molecule has 0 fully saturated rings. The maximum atomic E-state index is 10.1. The van der Waals surface area contributed by atoms with Gasteiger partial charge in [0.2, 0.25) is 0 Å². The van der Waals surface area contributed by atoms with E-state index in [2.05, 4.69) is 11.9 Å². The fraction of sp³-hybridized carbons (Fsp3) is 0.700. The summed E-state index contributed by atoms with van der Waals surface area (Å²) in [6, 6.07) is 0. The molecule has 0 bridgehead atoms. The van der Waals surface area contributed by atoms with Gasteiger partial charge >= 0.3 is 0 Å². The Morgan fingerprint density at radius 2 is 2.38 bits per heavy atom. The molecule has 3 heteroatoms. The summed E-state index contributed by atoms with van der Waals surface area (Å²) in [5, 5.41) is 11.3. The van der Waals surface area contributed by atoms with Crippen LogP contribution in [0.1, 0.15) is 42.3 Å². The maximum absolute atomic E-state index is 10.1. The summed E-state index contributed by atoms with van der Waals surface area (Å²) in [5.74, 6) is 0. The van der Waals surface area contributed by atoms with Gasteiger partial charge < -0.3 is 5.11 Å². The van der Waals surface area contributed by atoms with Gasteiger partial charge in [-0.3, -0.25) is 0 Å². The van der Waals surface area contributed by atoms with Crippen molar-refractivity contribution in [3.8, 4) is 0 Å². The predicted octanol–water partition coefficient (Wildman–Crippen LogP) is 2.25. The van der Waals surface area contributed by atoms with Crippen molar-refractivity contribution >= 4 is 11.3 Å². The zero-order valence-electron chi connectivity index (χ0n) is 8.13. The van der Waals surface area contributed by atoms with Crippen molar-refractivity contribution < 1.29 is 5.11 Å². The van der Waals surface area contributed by atoms with Crippen molar-refractivity contribution in [2.45, 2.75) is 45.1 Å². The van der Waals surface area contributed by atoms with Gasteiger partial charge in [0.15, 0.2) is 0 Å². The zero-order valence-corrected chi connectivity index (χ0v) is 8.95. The van der Waals surface area contributed by atoms with Crippen LogP contribution < -0.4 is 0 Å². The summed E-state index contributed by atoms with van der Waals surface area (Å²) in [4.78, 5) is 5.63. The molecule has 1 aliphatic rings. The van der Waals surface area contributed by atoms with Crippen LogP contribution in [-0.2, 0) is 18.4 Å². The number of aryl methyl sites for hydroxylation is 2. The van der Waals surface area contributed by atoms with Crippen LogP contribution in [0.25, 0.3) is 0 Å². The minimum atomic E-state index is -0.612. The molecule has 13 heavy (non-hydrogen) atoms. The number of hydrogen-bond donors (Lipinski definition) is 1. The summed E-state index contributed by atoms with van der Waals surface area (Å²) in [7, 11) is 0. The van der Waals surface area contributed by atoms with Crippen molar-refractivity contribution in [3.63, 3.8) is 0 Å². The third-order valence-electron chi connectivity index (χ3n) is 2.61. The first-order valence-corrected chi connectivity index (χ1v) is 5.66. The Hall–Kier alpha value is -0.410. The molecule has 0 amide bonds. The highest BCUT2D eigenvalue weighted by Gasteiger charge is 2.32. The maximum Gasteiger partial charge on any atom is 0.0979 e. The fourth-order valence-electron chi connectivity index (χ4n) is 1.86. The van der Waals surface area contributed by atoms with E-state index in [0.717, 1.165) is 41.3 Å². The monoisotopic (exact) mass is 197 g/mol. The SMILES string of the molecule is CCc1nc2c(s1)C(C)(O)CCC2. The van der Waals surface area contributed by atoms with E-state index < -0.39 is 5.60 Å². The smallest absolute Gasteiger partial charge is 0.0979 e. The number of rotatable bonds is 1. The predicted molar refractivity (Wildman–Crippen MR) is 54.0 cm³/mol. The largest absolute Gasteiger partial charge is 0.385 e. The molecule has 1 atom stereocenters. The van der Waals surface area contributed by atoms with Crippen LogP contribution in [0.3, 0.4) is 0 Å². The summed E-state index contributed by atoms with van der Waals surface area (Å²) >= 11 is 1.68. The molecule has 2 nitrogen and oxygen atoms in total. The Morgan fingerprint density at radius 1 is 1.62 bits per heavy atom. The highest BCUT2D eigenvalue weighted by atomic mass is 32.1. The van der Waals surface area contributed by atoms with Crippen molar-refractivity contribution in [1.29, 1.82) is 0 Å². The van der Waals surface area contributed by atoms with Gasteiger partial charge in [0.1, 0.15) is 0 Å². The quantitative estimate of drug-likeness (QED) is 0.749. The van der Waals surface area contributed by atoms with Crippen LogP contribution in [0.4, 0.5) is 0 Å². The van der Waals surface area contributed by atoms with Crippen LogP contribution in [0.5, 0.6) is 0 Å². The lowest BCUT2D eigenvalue weighted by atomic mass is 9.89. The van der Waals surface area contributed by atoms with Gasteiger partial charge in [-0.05, 0) is 32.6 Å². The molecule has 1 N–H and O–H groups in total. The first-order chi connectivity index (χ1) is 6.13. The lowest BCUT2D eigenvalue weighted by molar-refractivity contribution is 0.0422. The van der Waals surface area contributed by atoms with Gasteiger partial charge in [0, 0.05) is 0 Å². The van der Waals surface area contributed by atoms with Crippen molar-refractivity contribution in [3.05, 3.63) is 15.6 Å². The average molecular weight is 197 g/mol. The number of hydrogen-bond acceptors (Lipinski definition) is 3. The van der Waals surface area contributed by atoms with Crippen LogP contribution in [-0.4, -0.2) is 10.1 Å². The number of thiazole rings is 1. The second-order valence-corrected chi connectivity index (χ2v) is 4.95. The van der Waals surface area contributed by atoms with Gasteiger partial charge in [0.05, 0.1) is 21.2 Å². The molecule has 2 rings (SSSR count). The van der Waals surface area contributed by atoms with Crippen LogP contribution >= 0.6 is 11.3 Å². The van der Waals surface area contributed by atoms with Gasteiger partial charge in [-0.15, -0.1) is 11.3 Å². The summed E-state index contributed by atoms with van der Waals surface area (Å²) in [5.41, 5.74) is 0.525. The number of fused-ring (bicyclic) bond motifs is 1. The lowest BCUT2D eigenvalue weighted by Gasteiger charge is -2.26. The molecule has 0 radical (unpaired) electrons. The topological polar surface area (TPSA) is 33.1 Å². The first kappa shape index (κ1) is 9.16. The van der Waals surface area contributed by atoms with E-state index in [1.54, 1.807) is 11.3 Å². The minimum Gasteiger partial charge on any atom is -0.385 e. The molecule has 1 unspecified atom stereocenters. The molecule has 1 aromatic rings. The van der Waals surface area contributed by atoms with E-state index >= 15 is 0 Å². The molecule has 1 aliphatic carbocycles. The Labute approximate surface area is 82.6 Å². The van der Waals surface area contributed by atoms with E-state index in [9.17, 15) is 5.11 Å². The van der Waals surface area contributed by atoms with E-state index in [1.165, 1.54) is 0 Å². The van der Waals surface area contributed by atoms with Gasteiger partial charge in [-0.25, -0.2) is 4.98 Å². The molecule has 0 saturated carbocycles. The highest BCUT2D eigenvalue weighted by molar-refractivity contribution is 7.11. The number of nitrogens with zero attached hydrogens (tertiary/aromatic N) is 1. The van der Waals surface area contributed by atoms with E-state index in [4.69, 9.17) is 0 Å². The second kappa shape index (κ2) is 3.07. The van der Waals surface area contributed by atoms with Crippen molar-refractivity contribution in [2.24, 2.45) is 0 Å². The van der Waals surface area contributed by atoms with Crippen LogP contribution in [0.15, 0.2) is 0 Å². The molecule has 0 aliphatic heterocycles. The Bertz CT molecular complexity index is 317. The van der Waals surface area contributed by atoms with Crippen molar-refractivity contribution in [1.82, 2.24) is 4.98 Å². The fourth-order valence-corrected chi connectivity index (χ4v) is 2.98. The number of aromatic nitrogens is 1. The second-order valence-electron chi connectivity index (χ2n) is 3.86. The summed E-state index contributed by atoms with van der Waals surface area (Å²) in [6.07, 6.45) is 3.97. The molecule has 1 heterocycles. The number of aliphatic hydroxyl groups is 1. The molecule has 1 aromatic heterocycles. The van der Waals surface area contributed by atoms with Gasteiger partial charge in [-0.2, -0.15) is 0 Å². The Kier molecular flexibility index (Phi) is 2.16. The lowest BCUT2D eigenvalue weighted by Crippen LogP contribution is -2.25. The van der Waals surface area contributed by atoms with Crippen LogP contribution in [0.2, 0.25) is 0 Å². The molecule has 0 spiro atoms. The Morgan fingerprint density at radius 3 is 3.00 bits per heavy atom. The van der Waals surface area contributed by atoms with Gasteiger partial charge in [-0.1, -0.05) is 6.92 Å². The van der Waals surface area contributed by atoms with E-state index in [0.29, 0.717) is 0 Å². The van der Waals surface area contributed by atoms with Gasteiger partial charge in [0.25, 0.3) is 0 Å². The molecular formula is C10H15NOS. The molecular weight excluding hydrogens is 182 g/mol. The minimum absolute atomic E-state index is 0.612. The molecule has 0 saturated heterocycles. The first-order valence-electron chi connectivity index (χ1n) is 4.85. The zero-order chi connectivity index (χ0) is 9.47. The average Bonchev–Trinajstić information content (AvgIpc) is 2.48. The molecule has 72 valence electrons. The summed E-state index contributed by atoms with van der Waals surface area (Å²) < 4.78 is 0. The van der Waals surface area contributed by atoms with E-state index in [-0.39, 0.29) is 0 Å². The van der Waals surface area contributed by atoms with Crippen molar-refractivity contribution in [2.75, 3.05) is 0 Å². The highest BCUT2D eigenvalue weighted by Crippen LogP contribution is 2.38. The van der Waals surface area contributed by atoms with E-state index in [1.807, 2.05) is 6.92 Å². The standard InChI is InChI=1S/C10H15NOS/c1-3-8-11-7-5-4-6-10(2,12)9(7)13-8/h12H,3-6H2,1-2H3. The third-order valence-corrected chi connectivity index (χ3v) is 4.11. The third kappa shape index (κ3) is 1.51. The summed E-state index contributed by atoms with van der Waals surface area (Å²) in [6.45, 7) is 4.02. The van der Waals surface area contributed by atoms with Crippen LogP contribution in [0, 0.1) is 0 Å². The Balaban J connectivity index is 2.44. The molecule has 0 aromatic carbocycles. The normalized spacial score (nSPS) is 27.3.